The Morgan fingerprint density at radius 2 is 0.404 bits per heavy atom. The third-order valence-corrected chi connectivity index (χ3v) is 29.3. The second kappa shape index (κ2) is 32.5. The van der Waals surface area contributed by atoms with Gasteiger partial charge in [-0.25, -0.2) is 0 Å². The van der Waals surface area contributed by atoms with E-state index in [9.17, 15) is 0 Å². The molecule has 22 aromatic carbocycles. The largest absolute Gasteiger partial charge is 0.311 e. The summed E-state index contributed by atoms with van der Waals surface area (Å²) in [7, 11) is 0. The lowest BCUT2D eigenvalue weighted by Gasteiger charge is -2.26. The molecule has 4 heteroatoms. The fourth-order valence-corrected chi connectivity index (χ4v) is 22.8. The molecule has 0 unspecified atom stereocenters. The molecule has 0 N–H and O–H groups in total. The van der Waals surface area contributed by atoms with Crippen molar-refractivity contribution in [3.63, 3.8) is 0 Å². The van der Waals surface area contributed by atoms with Crippen molar-refractivity contribution < 1.29 is 0 Å². The molecule has 0 bridgehead atoms. The van der Waals surface area contributed by atoms with E-state index in [0.717, 1.165) is 45.5 Å². The van der Waals surface area contributed by atoms with Gasteiger partial charge in [-0.1, -0.05) is 379 Å². The molecule has 2 aromatic heterocycles. The zero-order valence-electron chi connectivity index (χ0n) is 76.8. The van der Waals surface area contributed by atoms with Gasteiger partial charge in [0.25, 0.3) is 0 Å². The van der Waals surface area contributed by atoms with Crippen molar-refractivity contribution in [1.29, 1.82) is 0 Å². The fraction of sp³-hybridized carbons (Fsp3) is 0.0606. The van der Waals surface area contributed by atoms with Gasteiger partial charge >= 0.3 is 0 Å². The van der Waals surface area contributed by atoms with Crippen LogP contribution in [-0.4, -0.2) is 9.13 Å². The maximum absolute atomic E-state index is 2.47. The lowest BCUT2D eigenvalue weighted by Crippen LogP contribution is -2.14. The summed E-state index contributed by atoms with van der Waals surface area (Å²) in [6.45, 7) is 13.9. The lowest BCUT2D eigenvalue weighted by molar-refractivity contribution is 0.660. The van der Waals surface area contributed by atoms with E-state index in [1.54, 1.807) is 0 Å². The average Bonchev–Trinajstić information content (AvgIpc) is 1.22. The maximum Gasteiger partial charge on any atom is 0.0541 e. The van der Waals surface area contributed by atoms with Gasteiger partial charge in [-0.2, -0.15) is 0 Å². The number of benzene rings is 22. The highest BCUT2D eigenvalue weighted by atomic mass is 15.1. The Balaban J connectivity index is 0.000000145. The molecule has 2 aliphatic carbocycles. The molecular weight excluding hydrogens is 1640 g/mol. The van der Waals surface area contributed by atoms with E-state index in [-0.39, 0.29) is 10.8 Å². The highest BCUT2D eigenvalue weighted by Crippen LogP contribution is 2.55. The summed E-state index contributed by atoms with van der Waals surface area (Å²) in [6.07, 6.45) is 0. The van der Waals surface area contributed by atoms with Crippen LogP contribution in [0.3, 0.4) is 0 Å². The number of nitrogens with zero attached hydrogens (tertiary/aromatic N) is 4. The number of aromatic nitrogens is 2. The Bertz CT molecular complexity index is 8760. The highest BCUT2D eigenvalue weighted by molar-refractivity contribution is 6.24. The molecular formula is C132H96N4. The van der Waals surface area contributed by atoms with Crippen LogP contribution in [0.2, 0.25) is 0 Å². The van der Waals surface area contributed by atoms with E-state index in [0.29, 0.717) is 0 Å². The van der Waals surface area contributed by atoms with Crippen LogP contribution in [0, 0.1) is 13.8 Å². The molecule has 0 amide bonds. The van der Waals surface area contributed by atoms with Crippen LogP contribution >= 0.6 is 0 Å². The first-order chi connectivity index (χ1) is 66.8. The van der Waals surface area contributed by atoms with E-state index in [4.69, 9.17) is 0 Å². The quantitative estimate of drug-likeness (QED) is 0.101. The van der Waals surface area contributed by atoms with E-state index in [1.807, 2.05) is 0 Å². The third kappa shape index (κ3) is 13.4. The highest BCUT2D eigenvalue weighted by Gasteiger charge is 2.38. The van der Waals surface area contributed by atoms with Gasteiger partial charge in [0.15, 0.2) is 0 Å². The SMILES string of the molecule is Cc1ccc2c(-c3ccc(-c4ccc(N(c5ccccc5)c5ccc(-n6c7ccccc7c7ccccc76)cc5)cc4)cc3)c3ccccc3c(-c3ccc4c(c3)C(C)(C)c3ccccc3-4)c2c1.Cc1ccc2c(-c3ccc4c(c3)C(C)(C)c3ccccc3-4)c3ccccc3c(-c3ccc(-c4ccc(N(c5ccccc5)c5ccc(-n6c7ccccc7c7ccccc76)cc5)cc4)cc3)c2c1. The number of rotatable bonds is 14. The topological polar surface area (TPSA) is 16.3 Å². The van der Waals surface area contributed by atoms with E-state index < -0.39 is 0 Å². The third-order valence-electron chi connectivity index (χ3n) is 29.3. The second-order valence-corrected chi connectivity index (χ2v) is 37.9. The Morgan fingerprint density at radius 3 is 0.750 bits per heavy atom. The van der Waals surface area contributed by atoms with Crippen molar-refractivity contribution in [3.8, 4) is 100 Å². The Kier molecular flexibility index (Phi) is 19.4. The minimum atomic E-state index is -0.0743. The molecule has 0 saturated carbocycles. The molecule has 0 aliphatic heterocycles. The van der Waals surface area contributed by atoms with Gasteiger partial charge in [-0.15, -0.1) is 0 Å². The van der Waals surface area contributed by atoms with Crippen LogP contribution in [0.1, 0.15) is 61.1 Å². The molecule has 26 rings (SSSR count). The number of anilines is 6. The Morgan fingerprint density at radius 1 is 0.169 bits per heavy atom. The number of hydrogen-bond acceptors (Lipinski definition) is 2. The van der Waals surface area contributed by atoms with Crippen LogP contribution in [0.15, 0.2) is 473 Å². The summed E-state index contributed by atoms with van der Waals surface area (Å²) in [5, 5.41) is 15.3. The van der Waals surface area contributed by atoms with Gasteiger partial charge in [0, 0.05) is 77.9 Å². The van der Waals surface area contributed by atoms with Crippen LogP contribution in [0.5, 0.6) is 0 Å². The van der Waals surface area contributed by atoms with Gasteiger partial charge in [-0.05, 0) is 302 Å². The van der Waals surface area contributed by atoms with Crippen molar-refractivity contribution in [3.05, 3.63) is 507 Å². The van der Waals surface area contributed by atoms with Gasteiger partial charge in [0.2, 0.25) is 0 Å². The summed E-state index contributed by atoms with van der Waals surface area (Å²) in [6, 6.07) is 175. The molecule has 0 radical (unpaired) electrons. The predicted molar refractivity (Wildman–Crippen MR) is 578 cm³/mol. The van der Waals surface area contributed by atoms with Crippen molar-refractivity contribution in [2.45, 2.75) is 52.4 Å². The van der Waals surface area contributed by atoms with Crippen LogP contribution in [0.4, 0.5) is 34.1 Å². The minimum Gasteiger partial charge on any atom is -0.311 e. The summed E-state index contributed by atoms with van der Waals surface area (Å²) >= 11 is 0. The molecule has 0 spiro atoms. The van der Waals surface area contributed by atoms with Crippen LogP contribution in [-0.2, 0) is 10.8 Å². The van der Waals surface area contributed by atoms with Gasteiger partial charge < -0.3 is 18.9 Å². The van der Waals surface area contributed by atoms with E-state index >= 15 is 0 Å². The van der Waals surface area contributed by atoms with Crippen LogP contribution < -0.4 is 9.80 Å². The van der Waals surface area contributed by atoms with E-state index in [2.05, 4.69) is 534 Å². The smallest absolute Gasteiger partial charge is 0.0541 e. The first-order valence-electron chi connectivity index (χ1n) is 47.5. The first kappa shape index (κ1) is 81.1. The molecule has 0 saturated heterocycles. The number of fused-ring (bicyclic) bond motifs is 16. The molecule has 24 aromatic rings. The zero-order valence-corrected chi connectivity index (χ0v) is 76.8. The lowest BCUT2D eigenvalue weighted by atomic mass is 9.80. The molecule has 2 heterocycles. The normalized spacial score (nSPS) is 12.8. The number of para-hydroxylation sites is 6. The summed E-state index contributed by atoms with van der Waals surface area (Å²) in [4.78, 5) is 4.68. The first-order valence-corrected chi connectivity index (χ1v) is 47.5. The summed E-state index contributed by atoms with van der Waals surface area (Å²) in [5.41, 5.74) is 42.0. The number of aryl methyl sites for hydroxylation is 2. The standard InChI is InChI=1S/2C66H48N2/c1-43-25-39-58-59(41-43)64(56-20-7-8-21-57(56)65(58)47-32-40-53-52-17-9-12-22-60(52)66(2,3)61(53)42-47)46-28-26-44(27-29-46)45-30-33-49(34-31-45)67(48-15-5-4-6-16-48)50-35-37-51(38-36-50)68-62-23-13-10-18-54(62)55-19-11-14-24-63(55)68;1-43-25-39-58-59(41-43)65(47-32-40-53-52-17-9-12-22-60(52)66(2,3)61(53)42-47)57-21-8-7-20-56(57)64(58)46-28-26-44(27-29-46)45-30-33-49(34-31-45)67(48-15-5-4-6-16-48)50-35-37-51(38-36-50)68-62-23-13-10-18-54(62)55-19-11-14-24-63(55)68/h2*4-42H,1-3H3. The Hall–Kier alpha value is -16.9. The summed E-state index contributed by atoms with van der Waals surface area (Å²) < 4.78 is 4.74. The number of hydrogen-bond donors (Lipinski definition) is 0. The van der Waals surface area contributed by atoms with Crippen LogP contribution in [0.25, 0.3) is 187 Å². The van der Waals surface area contributed by atoms with E-state index in [1.165, 1.54) is 209 Å². The van der Waals surface area contributed by atoms with Crippen molar-refractivity contribution in [2.24, 2.45) is 0 Å². The van der Waals surface area contributed by atoms with Gasteiger partial charge in [0.1, 0.15) is 0 Å². The zero-order chi connectivity index (χ0) is 91.0. The molecule has 0 atom stereocenters. The predicted octanol–water partition coefficient (Wildman–Crippen LogP) is 36.4. The minimum absolute atomic E-state index is 0.0736. The molecule has 2 aliphatic rings. The summed E-state index contributed by atoms with van der Waals surface area (Å²) in [5.74, 6) is 0. The molecule has 136 heavy (non-hydrogen) atoms. The van der Waals surface area contributed by atoms with Crippen molar-refractivity contribution in [1.82, 2.24) is 9.13 Å². The second-order valence-electron chi connectivity index (χ2n) is 37.9. The monoisotopic (exact) mass is 1740 g/mol. The van der Waals surface area contributed by atoms with Gasteiger partial charge in [-0.3, -0.25) is 0 Å². The van der Waals surface area contributed by atoms with Crippen molar-refractivity contribution in [2.75, 3.05) is 9.80 Å². The maximum atomic E-state index is 2.47. The Labute approximate surface area is 793 Å². The molecule has 0 fully saturated rings. The van der Waals surface area contributed by atoms with Gasteiger partial charge in [0.05, 0.1) is 22.1 Å². The average molecular weight is 1740 g/mol. The molecule has 644 valence electrons. The molecule has 4 nitrogen and oxygen atoms in total. The fourth-order valence-electron chi connectivity index (χ4n) is 22.8. The van der Waals surface area contributed by atoms with Crippen molar-refractivity contribution >= 4 is 121 Å².